The average molecular weight is 258 g/mol. The standard InChI is InChI=1S/C11H15O3PS/c1-11(2)8-12-15(16,13-9-11)14-10-6-4-3-5-7-10/h3-7H,8-9H2,1-2H3. The van der Waals surface area contributed by atoms with E-state index < -0.39 is 6.72 Å². The second-order valence-electron chi connectivity index (χ2n) is 4.56. The SMILES string of the molecule is CC1(C)COP(=S)(Oc2ccccc2)OC1. The highest BCUT2D eigenvalue weighted by atomic mass is 32.5. The summed E-state index contributed by atoms with van der Waals surface area (Å²) in [7, 11) is 0. The molecular formula is C11H15O3PS. The van der Waals surface area contributed by atoms with Crippen molar-refractivity contribution in [3.8, 4) is 5.75 Å². The Morgan fingerprint density at radius 1 is 1.19 bits per heavy atom. The molecule has 1 aliphatic heterocycles. The smallest absolute Gasteiger partial charge is 0.380 e. The van der Waals surface area contributed by atoms with Gasteiger partial charge in [-0.2, -0.15) is 0 Å². The zero-order valence-electron chi connectivity index (χ0n) is 9.38. The van der Waals surface area contributed by atoms with Gasteiger partial charge >= 0.3 is 6.72 Å². The topological polar surface area (TPSA) is 27.7 Å². The molecule has 0 bridgehead atoms. The van der Waals surface area contributed by atoms with Crippen molar-refractivity contribution in [1.29, 1.82) is 0 Å². The Balaban J connectivity index is 2.03. The molecule has 1 aromatic carbocycles. The van der Waals surface area contributed by atoms with Gasteiger partial charge < -0.3 is 4.52 Å². The summed E-state index contributed by atoms with van der Waals surface area (Å²) in [6.07, 6.45) is 0. The first-order chi connectivity index (χ1) is 7.49. The van der Waals surface area contributed by atoms with Crippen LogP contribution in [0.25, 0.3) is 0 Å². The molecule has 1 aliphatic rings. The van der Waals surface area contributed by atoms with Crippen molar-refractivity contribution in [1.82, 2.24) is 0 Å². The fourth-order valence-corrected chi connectivity index (χ4v) is 3.40. The molecule has 88 valence electrons. The number of rotatable bonds is 2. The maximum absolute atomic E-state index is 5.62. The lowest BCUT2D eigenvalue weighted by Crippen LogP contribution is -2.30. The van der Waals surface area contributed by atoms with Gasteiger partial charge in [-0.3, -0.25) is 9.05 Å². The van der Waals surface area contributed by atoms with Gasteiger partial charge in [-0.05, 0) is 12.1 Å². The van der Waals surface area contributed by atoms with Gasteiger partial charge in [0.05, 0.1) is 13.2 Å². The molecule has 5 heteroatoms. The van der Waals surface area contributed by atoms with E-state index in [1.54, 1.807) is 0 Å². The molecular weight excluding hydrogens is 243 g/mol. The summed E-state index contributed by atoms with van der Waals surface area (Å²) in [5, 5.41) is 0. The normalized spacial score (nSPS) is 22.6. The van der Waals surface area contributed by atoms with Crippen LogP contribution in [0, 0.1) is 5.41 Å². The van der Waals surface area contributed by atoms with E-state index in [2.05, 4.69) is 13.8 Å². The van der Waals surface area contributed by atoms with Crippen molar-refractivity contribution in [3.63, 3.8) is 0 Å². The van der Waals surface area contributed by atoms with Gasteiger partial charge in [0.15, 0.2) is 0 Å². The van der Waals surface area contributed by atoms with Crippen LogP contribution in [-0.2, 0) is 20.9 Å². The lowest BCUT2D eigenvalue weighted by Gasteiger charge is -2.35. The second kappa shape index (κ2) is 4.46. The Hall–Kier alpha value is -0.410. The van der Waals surface area contributed by atoms with Gasteiger partial charge in [-0.25, -0.2) is 0 Å². The molecule has 0 aromatic heterocycles. The molecule has 0 spiro atoms. The highest BCUT2D eigenvalue weighted by Crippen LogP contribution is 2.54. The quantitative estimate of drug-likeness (QED) is 0.760. The number of benzene rings is 1. The third kappa shape index (κ3) is 3.05. The van der Waals surface area contributed by atoms with E-state index in [1.807, 2.05) is 30.3 Å². The summed E-state index contributed by atoms with van der Waals surface area (Å²) in [6, 6.07) is 9.41. The van der Waals surface area contributed by atoms with Gasteiger partial charge in [0, 0.05) is 17.2 Å². The van der Waals surface area contributed by atoms with Crippen LogP contribution in [0.2, 0.25) is 0 Å². The van der Waals surface area contributed by atoms with Crippen LogP contribution in [0.15, 0.2) is 30.3 Å². The molecule has 0 atom stereocenters. The summed E-state index contributed by atoms with van der Waals surface area (Å²) in [5.41, 5.74) is 0.0162. The molecule has 16 heavy (non-hydrogen) atoms. The van der Waals surface area contributed by atoms with Gasteiger partial charge in [0.2, 0.25) is 0 Å². The Bertz CT molecular complexity index is 391. The third-order valence-corrected chi connectivity index (χ3v) is 4.37. The number of hydrogen-bond acceptors (Lipinski definition) is 4. The predicted octanol–water partition coefficient (Wildman–Crippen LogP) is 3.36. The predicted molar refractivity (Wildman–Crippen MR) is 67.0 cm³/mol. The van der Waals surface area contributed by atoms with Crippen molar-refractivity contribution in [3.05, 3.63) is 30.3 Å². The van der Waals surface area contributed by atoms with Crippen molar-refractivity contribution in [2.45, 2.75) is 13.8 Å². The van der Waals surface area contributed by atoms with Crippen molar-refractivity contribution >= 4 is 18.5 Å². The first-order valence-corrected chi connectivity index (χ1v) is 7.69. The number of para-hydroxylation sites is 1. The molecule has 1 heterocycles. The molecule has 0 saturated carbocycles. The van der Waals surface area contributed by atoms with Crippen LogP contribution in [0.1, 0.15) is 13.8 Å². The fraction of sp³-hybridized carbons (Fsp3) is 0.455. The Morgan fingerprint density at radius 2 is 1.75 bits per heavy atom. The summed E-state index contributed by atoms with van der Waals surface area (Å²) < 4.78 is 16.7. The molecule has 0 unspecified atom stereocenters. The monoisotopic (exact) mass is 258 g/mol. The summed E-state index contributed by atoms with van der Waals surface area (Å²) in [4.78, 5) is 0. The van der Waals surface area contributed by atoms with Gasteiger partial charge in [0.25, 0.3) is 0 Å². The summed E-state index contributed by atoms with van der Waals surface area (Å²) >= 11 is 5.28. The molecule has 2 rings (SSSR count). The Kier molecular flexibility index (Phi) is 3.36. The van der Waals surface area contributed by atoms with E-state index in [1.165, 1.54) is 0 Å². The van der Waals surface area contributed by atoms with Crippen LogP contribution >= 0.6 is 6.72 Å². The van der Waals surface area contributed by atoms with Crippen LogP contribution in [-0.4, -0.2) is 13.2 Å². The molecule has 3 nitrogen and oxygen atoms in total. The maximum atomic E-state index is 5.62. The van der Waals surface area contributed by atoms with E-state index in [-0.39, 0.29) is 5.41 Å². The van der Waals surface area contributed by atoms with E-state index in [9.17, 15) is 0 Å². The highest BCUT2D eigenvalue weighted by Gasteiger charge is 2.35. The zero-order valence-corrected chi connectivity index (χ0v) is 11.1. The first kappa shape index (κ1) is 12.1. The third-order valence-electron chi connectivity index (χ3n) is 2.19. The second-order valence-corrected chi connectivity index (χ2v) is 7.50. The Morgan fingerprint density at radius 3 is 2.31 bits per heavy atom. The molecule has 1 fully saturated rings. The molecule has 0 amide bonds. The fourth-order valence-electron chi connectivity index (χ4n) is 1.25. The van der Waals surface area contributed by atoms with E-state index in [0.29, 0.717) is 19.0 Å². The molecule has 0 N–H and O–H groups in total. The van der Waals surface area contributed by atoms with Crippen LogP contribution in [0.5, 0.6) is 5.75 Å². The van der Waals surface area contributed by atoms with Gasteiger partial charge in [-0.1, -0.05) is 32.0 Å². The average Bonchev–Trinajstić information content (AvgIpc) is 2.25. The number of hydrogen-bond donors (Lipinski definition) is 0. The van der Waals surface area contributed by atoms with Crippen molar-refractivity contribution in [2.75, 3.05) is 13.2 Å². The van der Waals surface area contributed by atoms with Crippen LogP contribution in [0.4, 0.5) is 0 Å². The molecule has 0 aliphatic carbocycles. The van der Waals surface area contributed by atoms with E-state index in [4.69, 9.17) is 25.4 Å². The lowest BCUT2D eigenvalue weighted by molar-refractivity contribution is 0.0407. The highest BCUT2D eigenvalue weighted by molar-refractivity contribution is 8.07. The zero-order chi connectivity index (χ0) is 11.6. The van der Waals surface area contributed by atoms with Gasteiger partial charge in [-0.15, -0.1) is 0 Å². The van der Waals surface area contributed by atoms with E-state index >= 15 is 0 Å². The van der Waals surface area contributed by atoms with Crippen molar-refractivity contribution in [2.24, 2.45) is 5.41 Å². The minimum Gasteiger partial charge on any atom is -0.424 e. The van der Waals surface area contributed by atoms with Crippen LogP contribution in [0.3, 0.4) is 0 Å². The lowest BCUT2D eigenvalue weighted by atomic mass is 9.97. The minimum absolute atomic E-state index is 0.0162. The summed E-state index contributed by atoms with van der Waals surface area (Å²) in [6.45, 7) is 2.73. The minimum atomic E-state index is -2.58. The van der Waals surface area contributed by atoms with Gasteiger partial charge in [0.1, 0.15) is 5.75 Å². The Labute approximate surface area is 101 Å². The van der Waals surface area contributed by atoms with E-state index in [0.717, 1.165) is 0 Å². The first-order valence-electron chi connectivity index (χ1n) is 5.13. The maximum Gasteiger partial charge on any atom is 0.380 e. The van der Waals surface area contributed by atoms with Crippen LogP contribution < -0.4 is 4.52 Å². The molecule has 1 aromatic rings. The molecule has 0 radical (unpaired) electrons. The molecule has 1 saturated heterocycles. The summed E-state index contributed by atoms with van der Waals surface area (Å²) in [5.74, 6) is 0.700. The largest absolute Gasteiger partial charge is 0.424 e. The van der Waals surface area contributed by atoms with Crippen molar-refractivity contribution < 1.29 is 13.6 Å².